The summed E-state index contributed by atoms with van der Waals surface area (Å²) in [6.07, 6.45) is 5.17. The van der Waals surface area contributed by atoms with Crippen LogP contribution in [0.1, 0.15) is 64.5 Å². The summed E-state index contributed by atoms with van der Waals surface area (Å²) in [6.45, 7) is 6.06. The molecule has 1 amide bonds. The van der Waals surface area contributed by atoms with E-state index in [-0.39, 0.29) is 18.4 Å². The molecular formula is C21H30FN5O3. The van der Waals surface area contributed by atoms with Crippen LogP contribution < -0.4 is 5.32 Å². The Labute approximate surface area is 175 Å². The second kappa shape index (κ2) is 8.02. The van der Waals surface area contributed by atoms with E-state index >= 15 is 0 Å². The highest BCUT2D eigenvalue weighted by Gasteiger charge is 2.33. The Balaban J connectivity index is 1.45. The molecule has 4 rings (SSSR count). The summed E-state index contributed by atoms with van der Waals surface area (Å²) in [5, 5.41) is 18.2. The van der Waals surface area contributed by atoms with E-state index in [1.807, 2.05) is 20.8 Å². The van der Waals surface area contributed by atoms with Gasteiger partial charge >= 0.3 is 6.09 Å². The lowest BCUT2D eigenvalue weighted by molar-refractivity contribution is 0.00113. The number of halogens is 1. The molecule has 9 heteroatoms. The number of piperidine rings is 1. The smallest absolute Gasteiger partial charge is 0.410 e. The number of aromatic nitrogens is 3. The number of β-amino-alcohol motifs (C(OH)–C–C–N with tert-alkyl or cyclic N) is 1. The molecule has 1 saturated carbocycles. The lowest BCUT2D eigenvalue weighted by Gasteiger charge is -2.36. The number of nitrogens with one attached hydrogen (secondary N) is 1. The van der Waals surface area contributed by atoms with Crippen molar-refractivity contribution >= 4 is 17.6 Å². The van der Waals surface area contributed by atoms with Crippen LogP contribution in [0.4, 0.5) is 15.1 Å². The number of hydrogen-bond acceptors (Lipinski definition) is 6. The molecule has 0 bridgehead atoms. The molecule has 30 heavy (non-hydrogen) atoms. The zero-order valence-corrected chi connectivity index (χ0v) is 17.8. The summed E-state index contributed by atoms with van der Waals surface area (Å²) in [6, 6.07) is 1.26. The van der Waals surface area contributed by atoms with Gasteiger partial charge in [-0.3, -0.25) is 0 Å². The van der Waals surface area contributed by atoms with Crippen molar-refractivity contribution in [3.05, 3.63) is 23.8 Å². The average Bonchev–Trinajstić information content (AvgIpc) is 3.30. The predicted octanol–water partition coefficient (Wildman–Crippen LogP) is 3.31. The number of fused-ring (bicyclic) bond motifs is 1. The molecule has 164 valence electrons. The first-order valence-electron chi connectivity index (χ1n) is 10.7. The third kappa shape index (κ3) is 4.35. The van der Waals surface area contributed by atoms with Crippen LogP contribution in [0.15, 0.2) is 12.3 Å². The maximum atomic E-state index is 14.3. The maximum absolute atomic E-state index is 14.3. The highest BCUT2D eigenvalue weighted by atomic mass is 19.1. The molecule has 3 heterocycles. The van der Waals surface area contributed by atoms with Crippen LogP contribution in [-0.2, 0) is 4.74 Å². The van der Waals surface area contributed by atoms with Gasteiger partial charge < -0.3 is 20.1 Å². The van der Waals surface area contributed by atoms with Gasteiger partial charge in [-0.15, -0.1) is 5.10 Å². The van der Waals surface area contributed by atoms with E-state index in [0.29, 0.717) is 30.3 Å². The lowest BCUT2D eigenvalue weighted by Crippen LogP contribution is -2.52. The van der Waals surface area contributed by atoms with Crippen LogP contribution in [0.3, 0.4) is 0 Å². The van der Waals surface area contributed by atoms with Crippen LogP contribution in [0, 0.1) is 5.82 Å². The molecular weight excluding hydrogens is 389 g/mol. The Morgan fingerprint density at radius 2 is 2.03 bits per heavy atom. The van der Waals surface area contributed by atoms with Crippen molar-refractivity contribution in [2.45, 2.75) is 76.5 Å². The van der Waals surface area contributed by atoms with Crippen molar-refractivity contribution in [3.8, 4) is 0 Å². The molecule has 1 aliphatic heterocycles. The zero-order chi connectivity index (χ0) is 21.5. The van der Waals surface area contributed by atoms with Crippen LogP contribution >= 0.6 is 0 Å². The summed E-state index contributed by atoms with van der Waals surface area (Å²) in [4.78, 5) is 18.0. The highest BCUT2D eigenvalue weighted by molar-refractivity contribution is 5.68. The molecule has 1 saturated heterocycles. The van der Waals surface area contributed by atoms with Gasteiger partial charge in [0.25, 0.3) is 0 Å². The van der Waals surface area contributed by atoms with E-state index in [1.54, 1.807) is 10.6 Å². The first kappa shape index (κ1) is 20.8. The number of likely N-dealkylation sites (tertiary alicyclic amines) is 1. The van der Waals surface area contributed by atoms with Crippen molar-refractivity contribution in [2.75, 3.05) is 18.4 Å². The van der Waals surface area contributed by atoms with Gasteiger partial charge in [0.05, 0.1) is 24.9 Å². The quantitative estimate of drug-likeness (QED) is 0.793. The summed E-state index contributed by atoms with van der Waals surface area (Å²) in [5.74, 6) is 0.341. The number of anilines is 1. The molecule has 8 nitrogen and oxygen atoms in total. The summed E-state index contributed by atoms with van der Waals surface area (Å²) in [5.41, 5.74) is 0.664. The van der Waals surface area contributed by atoms with Crippen LogP contribution in [0.5, 0.6) is 0 Å². The predicted molar refractivity (Wildman–Crippen MR) is 110 cm³/mol. The van der Waals surface area contributed by atoms with Crippen molar-refractivity contribution < 1.29 is 19.0 Å². The number of aliphatic hydroxyl groups excluding tert-OH is 1. The Morgan fingerprint density at radius 3 is 2.70 bits per heavy atom. The molecule has 2 fully saturated rings. The number of rotatable bonds is 3. The Bertz CT molecular complexity index is 919. The van der Waals surface area contributed by atoms with Gasteiger partial charge in [-0.25, -0.2) is 18.7 Å². The minimum Gasteiger partial charge on any atom is -0.444 e. The van der Waals surface area contributed by atoms with Crippen molar-refractivity contribution in [3.63, 3.8) is 0 Å². The Morgan fingerprint density at radius 1 is 1.30 bits per heavy atom. The first-order chi connectivity index (χ1) is 14.2. The zero-order valence-electron chi connectivity index (χ0n) is 17.8. The van der Waals surface area contributed by atoms with Crippen molar-refractivity contribution in [1.29, 1.82) is 0 Å². The highest BCUT2D eigenvalue weighted by Crippen LogP contribution is 2.35. The molecule has 0 radical (unpaired) electrons. The largest absolute Gasteiger partial charge is 0.444 e. The molecule has 2 atom stereocenters. The van der Waals surface area contributed by atoms with Crippen molar-refractivity contribution in [2.24, 2.45) is 0 Å². The fourth-order valence-corrected chi connectivity index (χ4v) is 4.31. The van der Waals surface area contributed by atoms with Crippen LogP contribution in [-0.4, -0.2) is 61.5 Å². The molecule has 2 aromatic rings. The lowest BCUT2D eigenvalue weighted by atomic mass is 10.0. The maximum Gasteiger partial charge on any atom is 0.410 e. The molecule has 2 N–H and O–H groups in total. The minimum absolute atomic E-state index is 0.167. The Hall–Kier alpha value is -2.42. The number of hydrogen-bond donors (Lipinski definition) is 2. The minimum atomic E-state index is -0.790. The normalized spacial score (nSPS) is 23.2. The average molecular weight is 420 g/mol. The molecule has 0 spiro atoms. The topological polar surface area (TPSA) is 92.0 Å². The second-order valence-corrected chi connectivity index (χ2v) is 9.31. The van der Waals surface area contributed by atoms with Gasteiger partial charge in [0, 0.05) is 18.2 Å². The van der Waals surface area contributed by atoms with Gasteiger partial charge in [-0.05, 0) is 46.1 Å². The van der Waals surface area contributed by atoms with Gasteiger partial charge in [0.15, 0.2) is 5.82 Å². The SMILES string of the molecule is CC(C)(C)OC(=O)N1CC[C@@H](Nc2ncc3c(F)cc(C4CCCC4)n3n2)[C@H](O)C1. The van der Waals surface area contributed by atoms with Gasteiger partial charge in [-0.2, -0.15) is 0 Å². The number of carbonyl (C=O) groups is 1. The van der Waals surface area contributed by atoms with Gasteiger partial charge in [0.1, 0.15) is 11.1 Å². The van der Waals surface area contributed by atoms with Crippen LogP contribution in [0.25, 0.3) is 5.52 Å². The van der Waals surface area contributed by atoms with E-state index in [4.69, 9.17) is 4.74 Å². The molecule has 1 aliphatic carbocycles. The summed E-state index contributed by atoms with van der Waals surface area (Å²) >= 11 is 0. The molecule has 0 unspecified atom stereocenters. The molecule has 2 aromatic heterocycles. The van der Waals surface area contributed by atoms with E-state index in [1.165, 1.54) is 11.1 Å². The summed E-state index contributed by atoms with van der Waals surface area (Å²) in [7, 11) is 0. The van der Waals surface area contributed by atoms with E-state index in [2.05, 4.69) is 15.4 Å². The molecule has 2 aliphatic rings. The van der Waals surface area contributed by atoms with Crippen LogP contribution in [0.2, 0.25) is 0 Å². The third-order valence-corrected chi connectivity index (χ3v) is 5.82. The van der Waals surface area contributed by atoms with Gasteiger partial charge in [0.2, 0.25) is 5.95 Å². The van der Waals surface area contributed by atoms with Crippen molar-refractivity contribution in [1.82, 2.24) is 19.5 Å². The van der Waals surface area contributed by atoms with Gasteiger partial charge in [-0.1, -0.05) is 12.8 Å². The fourth-order valence-electron chi connectivity index (χ4n) is 4.31. The van der Waals surface area contributed by atoms with E-state index in [9.17, 15) is 14.3 Å². The Kier molecular flexibility index (Phi) is 5.57. The third-order valence-electron chi connectivity index (χ3n) is 5.82. The number of ether oxygens (including phenoxy) is 1. The summed E-state index contributed by atoms with van der Waals surface area (Å²) < 4.78 is 21.4. The number of amides is 1. The number of aliphatic hydroxyl groups is 1. The first-order valence-corrected chi connectivity index (χ1v) is 10.7. The number of carbonyl (C=O) groups excluding carboxylic acids is 1. The second-order valence-electron chi connectivity index (χ2n) is 9.31. The molecule has 0 aromatic carbocycles. The standard InChI is InChI=1S/C21H30FN5O3/c1-21(2,3)30-20(29)26-9-8-15(18(28)12-26)24-19-23-11-17-14(22)10-16(27(17)25-19)13-6-4-5-7-13/h10-11,13,15,18,28H,4-9,12H2,1-3H3,(H,24,25)/t15-,18-/m1/s1. The van der Waals surface area contributed by atoms with E-state index < -0.39 is 17.8 Å². The fraction of sp³-hybridized carbons (Fsp3) is 0.667. The monoisotopic (exact) mass is 419 g/mol. The number of nitrogens with zero attached hydrogens (tertiary/aromatic N) is 4. The van der Waals surface area contributed by atoms with E-state index in [0.717, 1.165) is 31.4 Å².